The summed E-state index contributed by atoms with van der Waals surface area (Å²) in [6, 6.07) is 14.2. The fourth-order valence-corrected chi connectivity index (χ4v) is 3.06. The van der Waals surface area contributed by atoms with Gasteiger partial charge in [-0.15, -0.1) is 5.10 Å². The molecule has 0 spiro atoms. The van der Waals surface area contributed by atoms with Crippen molar-refractivity contribution in [2.45, 2.75) is 6.54 Å². The Hall–Kier alpha value is -4.07. The summed E-state index contributed by atoms with van der Waals surface area (Å²) in [5.41, 5.74) is 1.38. The Balaban J connectivity index is 1.71. The van der Waals surface area contributed by atoms with E-state index in [0.717, 1.165) is 16.3 Å². The third-order valence-corrected chi connectivity index (χ3v) is 4.32. The Kier molecular flexibility index (Phi) is 4.51. The number of pyridine rings is 1. The first kappa shape index (κ1) is 17.3. The van der Waals surface area contributed by atoms with Crippen LogP contribution in [0.1, 0.15) is 26.4 Å². The molecule has 8 nitrogen and oxygen atoms in total. The van der Waals surface area contributed by atoms with Crippen LogP contribution in [0.25, 0.3) is 10.8 Å². The number of carboxylic acid groups (broad SMARTS) is 1. The predicted molar refractivity (Wildman–Crippen MR) is 102 cm³/mol. The maximum Gasteiger partial charge on any atom is 0.356 e. The van der Waals surface area contributed by atoms with Crippen molar-refractivity contribution < 1.29 is 14.7 Å². The van der Waals surface area contributed by atoms with E-state index in [2.05, 4.69) is 20.6 Å². The lowest BCUT2D eigenvalue weighted by molar-refractivity contribution is 0.0691. The highest BCUT2D eigenvalue weighted by atomic mass is 16.4. The minimum absolute atomic E-state index is 0.149. The molecule has 0 unspecified atom stereocenters. The van der Waals surface area contributed by atoms with Gasteiger partial charge in [0.25, 0.3) is 5.91 Å². The van der Waals surface area contributed by atoms with E-state index in [4.69, 9.17) is 0 Å². The van der Waals surface area contributed by atoms with Gasteiger partial charge in [-0.2, -0.15) is 0 Å². The van der Waals surface area contributed by atoms with Crippen LogP contribution in [-0.2, 0) is 6.54 Å². The van der Waals surface area contributed by atoms with Gasteiger partial charge in [-0.25, -0.2) is 14.5 Å². The van der Waals surface area contributed by atoms with Crippen LogP contribution in [0.3, 0.4) is 0 Å². The molecule has 0 saturated heterocycles. The Morgan fingerprint density at radius 1 is 1.00 bits per heavy atom. The van der Waals surface area contributed by atoms with E-state index in [0.29, 0.717) is 12.1 Å². The van der Waals surface area contributed by atoms with Crippen molar-refractivity contribution in [3.05, 3.63) is 83.9 Å². The van der Waals surface area contributed by atoms with Crippen LogP contribution in [0.2, 0.25) is 0 Å². The van der Waals surface area contributed by atoms with Gasteiger partial charge in [0.05, 0.1) is 18.4 Å². The fourth-order valence-electron chi connectivity index (χ4n) is 3.06. The highest BCUT2D eigenvalue weighted by molar-refractivity contribution is 6.14. The second kappa shape index (κ2) is 7.28. The molecule has 0 aliphatic carbocycles. The van der Waals surface area contributed by atoms with E-state index in [-0.39, 0.29) is 11.4 Å². The Morgan fingerprint density at radius 2 is 1.82 bits per heavy atom. The number of rotatable bonds is 5. The van der Waals surface area contributed by atoms with Crippen molar-refractivity contribution in [2.75, 3.05) is 5.32 Å². The molecule has 0 radical (unpaired) electrons. The molecule has 8 heteroatoms. The van der Waals surface area contributed by atoms with E-state index >= 15 is 0 Å². The second-order valence-electron chi connectivity index (χ2n) is 6.08. The van der Waals surface area contributed by atoms with Crippen LogP contribution in [0.5, 0.6) is 0 Å². The summed E-state index contributed by atoms with van der Waals surface area (Å²) in [5, 5.41) is 21.4. The third-order valence-electron chi connectivity index (χ3n) is 4.32. The molecule has 0 aliphatic heterocycles. The van der Waals surface area contributed by atoms with Crippen LogP contribution < -0.4 is 5.32 Å². The van der Waals surface area contributed by atoms with Crippen molar-refractivity contribution in [3.8, 4) is 0 Å². The van der Waals surface area contributed by atoms with Gasteiger partial charge < -0.3 is 10.4 Å². The Morgan fingerprint density at radius 3 is 2.57 bits per heavy atom. The monoisotopic (exact) mass is 373 g/mol. The molecule has 2 N–H and O–H groups in total. The molecule has 0 aliphatic rings. The number of anilines is 1. The number of aromatic carboxylic acids is 1. The summed E-state index contributed by atoms with van der Waals surface area (Å²) in [4.78, 5) is 28.0. The average Bonchev–Trinajstić information content (AvgIpc) is 3.21. The first-order valence-corrected chi connectivity index (χ1v) is 8.48. The van der Waals surface area contributed by atoms with Crippen LogP contribution >= 0.6 is 0 Å². The molecule has 28 heavy (non-hydrogen) atoms. The predicted octanol–water partition coefficient (Wildman–Crippen LogP) is 2.83. The highest BCUT2D eigenvalue weighted by Gasteiger charge is 2.17. The lowest BCUT2D eigenvalue weighted by atomic mass is 9.99. The molecule has 0 saturated carbocycles. The van der Waals surface area contributed by atoms with E-state index < -0.39 is 11.9 Å². The molecular formula is C20H15N5O3. The largest absolute Gasteiger partial charge is 0.476 e. The van der Waals surface area contributed by atoms with E-state index in [1.807, 2.05) is 30.3 Å². The number of nitrogens with zero attached hydrogens (tertiary/aromatic N) is 4. The van der Waals surface area contributed by atoms with Gasteiger partial charge in [-0.1, -0.05) is 35.5 Å². The van der Waals surface area contributed by atoms with Crippen molar-refractivity contribution >= 4 is 28.3 Å². The summed E-state index contributed by atoms with van der Waals surface area (Å²) in [5.74, 6) is -1.61. The summed E-state index contributed by atoms with van der Waals surface area (Å²) in [7, 11) is 0. The van der Waals surface area contributed by atoms with E-state index in [1.54, 1.807) is 29.2 Å². The minimum Gasteiger partial charge on any atom is -0.476 e. The molecule has 4 rings (SSSR count). The van der Waals surface area contributed by atoms with Crippen LogP contribution in [0, 0.1) is 0 Å². The smallest absolute Gasteiger partial charge is 0.356 e. The molecule has 0 atom stereocenters. The number of hydrogen-bond acceptors (Lipinski definition) is 5. The number of benzene rings is 2. The van der Waals surface area contributed by atoms with Gasteiger partial charge >= 0.3 is 5.97 Å². The lowest BCUT2D eigenvalue weighted by Gasteiger charge is -2.12. The number of carbonyl (C=O) groups is 2. The highest BCUT2D eigenvalue weighted by Crippen LogP contribution is 2.25. The van der Waals surface area contributed by atoms with Gasteiger partial charge in [0, 0.05) is 18.0 Å². The molecule has 0 bridgehead atoms. The van der Waals surface area contributed by atoms with Gasteiger partial charge in [0.1, 0.15) is 0 Å². The maximum atomic E-state index is 12.9. The number of amides is 1. The van der Waals surface area contributed by atoms with Crippen LogP contribution in [0.4, 0.5) is 5.69 Å². The fraction of sp³-hybridized carbons (Fsp3) is 0.0500. The summed E-state index contributed by atoms with van der Waals surface area (Å²) in [6.45, 7) is 0.522. The molecule has 2 aromatic heterocycles. The normalized spacial score (nSPS) is 10.7. The molecular weight excluding hydrogens is 358 g/mol. The van der Waals surface area contributed by atoms with Crippen molar-refractivity contribution in [2.24, 2.45) is 0 Å². The molecule has 1 amide bonds. The number of nitrogens with one attached hydrogen (secondary N) is 1. The SMILES string of the molecule is O=C(O)c1ncccc1NC(=O)c1ccc(Cn2ccnn2)c2ccccc12. The average molecular weight is 373 g/mol. The summed E-state index contributed by atoms with van der Waals surface area (Å²) in [6.07, 6.45) is 4.75. The number of fused-ring (bicyclic) bond motifs is 1. The second-order valence-corrected chi connectivity index (χ2v) is 6.08. The topological polar surface area (TPSA) is 110 Å². The number of carbonyl (C=O) groups excluding carboxylic acids is 1. The number of carboxylic acids is 1. The first-order chi connectivity index (χ1) is 13.6. The Bertz CT molecular complexity index is 1170. The first-order valence-electron chi connectivity index (χ1n) is 8.48. The zero-order chi connectivity index (χ0) is 19.5. The number of aromatic nitrogens is 4. The van der Waals surface area contributed by atoms with Crippen LogP contribution in [-0.4, -0.2) is 37.0 Å². The molecule has 0 fully saturated rings. The van der Waals surface area contributed by atoms with Crippen molar-refractivity contribution in [1.82, 2.24) is 20.0 Å². The third kappa shape index (κ3) is 3.30. The van der Waals surface area contributed by atoms with Gasteiger partial charge in [0.15, 0.2) is 5.69 Å². The van der Waals surface area contributed by atoms with Gasteiger partial charge in [-0.05, 0) is 34.5 Å². The number of hydrogen-bond donors (Lipinski definition) is 2. The lowest BCUT2D eigenvalue weighted by Crippen LogP contribution is -2.16. The molecule has 2 aromatic carbocycles. The van der Waals surface area contributed by atoms with Crippen molar-refractivity contribution in [1.29, 1.82) is 0 Å². The summed E-state index contributed by atoms with van der Waals surface area (Å²) < 4.78 is 1.70. The van der Waals surface area contributed by atoms with E-state index in [1.165, 1.54) is 12.3 Å². The quantitative estimate of drug-likeness (QED) is 0.557. The maximum absolute atomic E-state index is 12.9. The molecule has 2 heterocycles. The standard InChI is InChI=1S/C20H15N5O3/c26-19(23-17-6-3-9-21-18(17)20(27)28)16-8-7-13(12-25-11-10-22-24-25)14-4-1-2-5-15(14)16/h1-11H,12H2,(H,23,26)(H,27,28). The molecule has 138 valence electrons. The zero-order valence-electron chi connectivity index (χ0n) is 14.6. The van der Waals surface area contributed by atoms with E-state index in [9.17, 15) is 14.7 Å². The Labute approximate surface area is 159 Å². The zero-order valence-corrected chi connectivity index (χ0v) is 14.6. The molecule has 4 aromatic rings. The summed E-state index contributed by atoms with van der Waals surface area (Å²) >= 11 is 0. The van der Waals surface area contributed by atoms with Crippen LogP contribution in [0.15, 0.2) is 67.1 Å². The van der Waals surface area contributed by atoms with Gasteiger partial charge in [-0.3, -0.25) is 4.79 Å². The van der Waals surface area contributed by atoms with Gasteiger partial charge in [0.2, 0.25) is 0 Å². The minimum atomic E-state index is -1.20. The van der Waals surface area contributed by atoms with Crippen molar-refractivity contribution in [3.63, 3.8) is 0 Å².